The molecule has 2 aromatic carbocycles. The van der Waals surface area contributed by atoms with Gasteiger partial charge in [0.05, 0.1) is 38.2 Å². The van der Waals surface area contributed by atoms with E-state index in [4.69, 9.17) is 21.1 Å². The Morgan fingerprint density at radius 3 is 2.64 bits per heavy atom. The molecule has 0 atom stereocenters. The van der Waals surface area contributed by atoms with Gasteiger partial charge in [-0.1, -0.05) is 23.7 Å². The maximum absolute atomic E-state index is 9.87. The van der Waals surface area contributed by atoms with Gasteiger partial charge in [-0.05, 0) is 41.8 Å². The molecule has 5 nitrogen and oxygen atoms in total. The van der Waals surface area contributed by atoms with Gasteiger partial charge in [-0.3, -0.25) is 4.90 Å². The molecule has 2 aliphatic heterocycles. The highest BCUT2D eigenvalue weighted by Gasteiger charge is 2.31. The zero-order chi connectivity index (χ0) is 19.7. The summed E-state index contributed by atoms with van der Waals surface area (Å²) >= 11 is 6.13. The number of nitrogens with zero attached hydrogens (tertiary/aromatic N) is 3. The Kier molecular flexibility index (Phi) is 5.17. The van der Waals surface area contributed by atoms with Crippen molar-refractivity contribution in [2.75, 3.05) is 34.0 Å². The van der Waals surface area contributed by atoms with Crippen molar-refractivity contribution in [3.63, 3.8) is 0 Å². The molecule has 4 rings (SSSR count). The van der Waals surface area contributed by atoms with Gasteiger partial charge in [-0.15, -0.1) is 0 Å². The van der Waals surface area contributed by atoms with Gasteiger partial charge in [-0.25, -0.2) is 0 Å². The molecule has 6 heteroatoms. The molecule has 0 bridgehead atoms. The van der Waals surface area contributed by atoms with Crippen molar-refractivity contribution < 1.29 is 9.47 Å². The van der Waals surface area contributed by atoms with Crippen LogP contribution in [0.4, 0.5) is 0 Å². The zero-order valence-corrected chi connectivity index (χ0v) is 16.8. The smallest absolute Gasteiger partial charge is 0.161 e. The molecule has 0 radical (unpaired) electrons. The van der Waals surface area contributed by atoms with Gasteiger partial charge in [0, 0.05) is 30.2 Å². The molecular weight excluding hydrogens is 374 g/mol. The van der Waals surface area contributed by atoms with Gasteiger partial charge < -0.3 is 14.4 Å². The summed E-state index contributed by atoms with van der Waals surface area (Å²) in [5, 5.41) is 10.6. The summed E-state index contributed by atoms with van der Waals surface area (Å²) in [6.07, 6.45) is 0.906. The predicted molar refractivity (Wildman–Crippen MR) is 109 cm³/mol. The van der Waals surface area contributed by atoms with E-state index in [9.17, 15) is 5.26 Å². The van der Waals surface area contributed by atoms with Gasteiger partial charge in [0.15, 0.2) is 11.5 Å². The first kappa shape index (κ1) is 18.7. The number of ether oxygens (including phenoxy) is 2. The highest BCUT2D eigenvalue weighted by molar-refractivity contribution is 6.30. The fourth-order valence-electron chi connectivity index (χ4n) is 4.06. The third kappa shape index (κ3) is 3.42. The van der Waals surface area contributed by atoms with E-state index < -0.39 is 0 Å². The molecule has 0 fully saturated rings. The second-order valence-corrected chi connectivity index (χ2v) is 7.51. The van der Waals surface area contributed by atoms with Crippen LogP contribution in [0.1, 0.15) is 16.7 Å². The Hall–Kier alpha value is -2.68. The molecule has 2 aromatic rings. The molecule has 0 spiro atoms. The van der Waals surface area contributed by atoms with Crippen molar-refractivity contribution in [2.45, 2.75) is 13.0 Å². The molecule has 2 heterocycles. The summed E-state index contributed by atoms with van der Waals surface area (Å²) in [4.78, 5) is 4.57. The number of benzene rings is 2. The first-order valence-corrected chi connectivity index (χ1v) is 9.61. The molecule has 28 heavy (non-hydrogen) atoms. The Morgan fingerprint density at radius 1 is 1.14 bits per heavy atom. The van der Waals surface area contributed by atoms with Crippen LogP contribution >= 0.6 is 11.6 Å². The van der Waals surface area contributed by atoms with Crippen LogP contribution in [0.15, 0.2) is 42.0 Å². The topological polar surface area (TPSA) is 48.7 Å². The van der Waals surface area contributed by atoms with Crippen LogP contribution in [0.3, 0.4) is 0 Å². The van der Waals surface area contributed by atoms with Gasteiger partial charge >= 0.3 is 0 Å². The summed E-state index contributed by atoms with van der Waals surface area (Å²) in [6, 6.07) is 14.4. The minimum absolute atomic E-state index is 0.614. The van der Waals surface area contributed by atoms with Crippen LogP contribution < -0.4 is 9.47 Å². The van der Waals surface area contributed by atoms with Gasteiger partial charge in [0.1, 0.15) is 0 Å². The summed E-state index contributed by atoms with van der Waals surface area (Å²) in [5.41, 5.74) is 5.22. The van der Waals surface area contributed by atoms with Crippen LogP contribution in [-0.4, -0.2) is 43.8 Å². The SMILES string of the molecule is COc1cc2c(cc1OC)C1=C(C#N)CN(Cc3cccc(Cl)c3)CN1CC2. The number of hydrogen-bond donors (Lipinski definition) is 0. The first-order valence-electron chi connectivity index (χ1n) is 9.23. The second kappa shape index (κ2) is 7.75. The fourth-order valence-corrected chi connectivity index (χ4v) is 4.27. The minimum atomic E-state index is 0.614. The third-order valence-corrected chi connectivity index (χ3v) is 5.54. The maximum Gasteiger partial charge on any atom is 0.161 e. The van der Waals surface area contributed by atoms with E-state index >= 15 is 0 Å². The molecule has 0 aliphatic carbocycles. The van der Waals surface area contributed by atoms with Gasteiger partial charge in [0.2, 0.25) is 0 Å². The molecule has 0 amide bonds. The van der Waals surface area contributed by atoms with Crippen molar-refractivity contribution in [2.24, 2.45) is 0 Å². The lowest BCUT2D eigenvalue weighted by Gasteiger charge is -2.42. The van der Waals surface area contributed by atoms with E-state index in [1.54, 1.807) is 14.2 Å². The average molecular weight is 396 g/mol. The molecule has 0 saturated carbocycles. The first-order chi connectivity index (χ1) is 13.6. The lowest BCUT2D eigenvalue weighted by Crippen LogP contribution is -2.45. The number of rotatable bonds is 4. The number of hydrogen-bond acceptors (Lipinski definition) is 5. The Labute approximate surface area is 170 Å². The van der Waals surface area contributed by atoms with Crippen LogP contribution in [-0.2, 0) is 13.0 Å². The highest BCUT2D eigenvalue weighted by atomic mass is 35.5. The second-order valence-electron chi connectivity index (χ2n) is 7.08. The van der Waals surface area contributed by atoms with Crippen molar-refractivity contribution in [3.8, 4) is 17.6 Å². The van der Waals surface area contributed by atoms with Crippen molar-refractivity contribution in [3.05, 3.63) is 63.7 Å². The minimum Gasteiger partial charge on any atom is -0.493 e. The summed E-state index contributed by atoms with van der Waals surface area (Å²) in [5.74, 6) is 1.42. The van der Waals surface area contributed by atoms with Crippen LogP contribution in [0.25, 0.3) is 5.70 Å². The third-order valence-electron chi connectivity index (χ3n) is 5.30. The van der Waals surface area contributed by atoms with Crippen molar-refractivity contribution >= 4 is 17.3 Å². The molecule has 0 saturated heterocycles. The van der Waals surface area contributed by atoms with Crippen LogP contribution in [0.5, 0.6) is 11.5 Å². The maximum atomic E-state index is 9.87. The van der Waals surface area contributed by atoms with Gasteiger partial charge in [-0.2, -0.15) is 5.26 Å². The number of methoxy groups -OCH3 is 2. The number of fused-ring (bicyclic) bond motifs is 3. The number of nitriles is 1. The monoisotopic (exact) mass is 395 g/mol. The van der Waals surface area contributed by atoms with Crippen LogP contribution in [0, 0.1) is 11.3 Å². The molecular formula is C22H22ClN3O2. The van der Waals surface area contributed by atoms with E-state index in [1.807, 2.05) is 30.3 Å². The van der Waals surface area contributed by atoms with Crippen molar-refractivity contribution in [1.82, 2.24) is 9.80 Å². The van der Waals surface area contributed by atoms with Crippen molar-refractivity contribution in [1.29, 1.82) is 5.26 Å². The predicted octanol–water partition coefficient (Wildman–Crippen LogP) is 3.92. The quantitative estimate of drug-likeness (QED) is 0.785. The highest BCUT2D eigenvalue weighted by Crippen LogP contribution is 2.40. The largest absolute Gasteiger partial charge is 0.493 e. The molecule has 144 valence electrons. The Morgan fingerprint density at radius 2 is 1.93 bits per heavy atom. The Balaban J connectivity index is 1.69. The van der Waals surface area contributed by atoms with E-state index in [2.05, 4.69) is 21.9 Å². The summed E-state index contributed by atoms with van der Waals surface area (Å²) in [6.45, 7) is 3.02. The summed E-state index contributed by atoms with van der Waals surface area (Å²) in [7, 11) is 3.28. The van der Waals surface area contributed by atoms with E-state index in [1.165, 1.54) is 5.56 Å². The lowest BCUT2D eigenvalue weighted by atomic mass is 9.92. The van der Waals surface area contributed by atoms with E-state index in [-0.39, 0.29) is 0 Å². The average Bonchev–Trinajstić information content (AvgIpc) is 2.71. The van der Waals surface area contributed by atoms with E-state index in [0.29, 0.717) is 12.3 Å². The molecule has 0 aromatic heterocycles. The standard InChI is InChI=1S/C22H22ClN3O2/c1-27-20-9-16-6-7-26-14-25(12-15-4-3-5-18(23)8-15)13-17(11-24)22(26)19(16)10-21(20)28-2/h3-5,8-10H,6-7,12-14H2,1-2H3. The van der Waals surface area contributed by atoms with Crippen LogP contribution in [0.2, 0.25) is 5.02 Å². The summed E-state index contributed by atoms with van der Waals surface area (Å²) < 4.78 is 10.9. The lowest BCUT2D eigenvalue weighted by molar-refractivity contribution is 0.167. The van der Waals surface area contributed by atoms with Gasteiger partial charge in [0.25, 0.3) is 0 Å². The normalized spacial score (nSPS) is 16.3. The zero-order valence-electron chi connectivity index (χ0n) is 16.0. The fraction of sp³-hybridized carbons (Fsp3) is 0.318. The molecule has 0 N–H and O–H groups in total. The van der Waals surface area contributed by atoms with E-state index in [0.717, 1.165) is 59.3 Å². The molecule has 0 unspecified atom stereocenters. The Bertz CT molecular complexity index is 980. The number of halogens is 1. The molecule has 2 aliphatic rings.